The van der Waals surface area contributed by atoms with Gasteiger partial charge in [0, 0.05) is 29.9 Å². The Kier molecular flexibility index (Phi) is 3.51. The van der Waals surface area contributed by atoms with Crippen molar-refractivity contribution in [1.29, 1.82) is 0 Å². The van der Waals surface area contributed by atoms with Crippen molar-refractivity contribution in [3.8, 4) is 11.1 Å². The smallest absolute Gasteiger partial charge is 0.165 e. The highest BCUT2D eigenvalue weighted by molar-refractivity contribution is 5.81. The Labute approximate surface area is 148 Å². The van der Waals surface area contributed by atoms with E-state index in [1.165, 1.54) is 53.9 Å². The first-order valence-electron chi connectivity index (χ1n) is 9.54. The molecule has 3 heterocycles. The molecule has 0 radical (unpaired) electrons. The van der Waals surface area contributed by atoms with Gasteiger partial charge in [-0.1, -0.05) is 30.3 Å². The van der Waals surface area contributed by atoms with Crippen LogP contribution < -0.4 is 4.90 Å². The number of fused-ring (bicyclic) bond motifs is 2. The minimum absolute atomic E-state index is 1.03. The molecule has 25 heavy (non-hydrogen) atoms. The summed E-state index contributed by atoms with van der Waals surface area (Å²) in [5.41, 5.74) is 7.26. The zero-order valence-corrected chi connectivity index (χ0v) is 14.8. The summed E-state index contributed by atoms with van der Waals surface area (Å²) in [5, 5.41) is 4.95. The summed E-state index contributed by atoms with van der Waals surface area (Å²) >= 11 is 0. The molecule has 2 aromatic heterocycles. The maximum absolute atomic E-state index is 5.12. The first-order valence-corrected chi connectivity index (χ1v) is 9.54. The molecule has 1 aliphatic carbocycles. The molecule has 1 fully saturated rings. The molecule has 0 unspecified atom stereocenters. The molecule has 0 N–H and O–H groups in total. The van der Waals surface area contributed by atoms with E-state index < -0.39 is 0 Å². The van der Waals surface area contributed by atoms with Gasteiger partial charge in [0.2, 0.25) is 0 Å². The second-order valence-electron chi connectivity index (χ2n) is 7.32. The Hall–Kier alpha value is -2.36. The second kappa shape index (κ2) is 5.87. The van der Waals surface area contributed by atoms with Gasteiger partial charge in [0.05, 0.1) is 5.69 Å². The van der Waals surface area contributed by atoms with E-state index in [9.17, 15) is 0 Å². The minimum atomic E-state index is 1.03. The van der Waals surface area contributed by atoms with Crippen LogP contribution in [0.5, 0.6) is 0 Å². The molecule has 0 bridgehead atoms. The van der Waals surface area contributed by atoms with Gasteiger partial charge >= 0.3 is 0 Å². The Morgan fingerprint density at radius 1 is 0.920 bits per heavy atom. The van der Waals surface area contributed by atoms with E-state index in [4.69, 9.17) is 10.1 Å². The molecule has 5 rings (SSSR count). The van der Waals surface area contributed by atoms with Gasteiger partial charge in [-0.3, -0.25) is 0 Å². The third-order valence-corrected chi connectivity index (χ3v) is 5.65. The van der Waals surface area contributed by atoms with Crippen LogP contribution in [-0.4, -0.2) is 27.7 Å². The molecular formula is C21H24N4. The SMILES string of the molecule is Cc1nn2c(N3CCCC3)c3c(nc2c1-c1ccccc1)CCCC3. The van der Waals surface area contributed by atoms with Gasteiger partial charge in [-0.2, -0.15) is 9.61 Å². The topological polar surface area (TPSA) is 33.4 Å². The molecule has 3 aromatic rings. The number of hydrogen-bond donors (Lipinski definition) is 0. The predicted octanol–water partition coefficient (Wildman–Crippen LogP) is 4.18. The first kappa shape index (κ1) is 14.9. The van der Waals surface area contributed by atoms with Crippen molar-refractivity contribution in [3.63, 3.8) is 0 Å². The van der Waals surface area contributed by atoms with Gasteiger partial charge in [0.15, 0.2) is 5.65 Å². The van der Waals surface area contributed by atoms with Crippen molar-refractivity contribution < 1.29 is 0 Å². The molecule has 4 heteroatoms. The Bertz CT molecular complexity index is 920. The van der Waals surface area contributed by atoms with Crippen LogP contribution in [0.25, 0.3) is 16.8 Å². The largest absolute Gasteiger partial charge is 0.356 e. The van der Waals surface area contributed by atoms with Gasteiger partial charge in [0.25, 0.3) is 0 Å². The molecule has 0 saturated carbocycles. The van der Waals surface area contributed by atoms with Crippen LogP contribution in [0.3, 0.4) is 0 Å². The van der Waals surface area contributed by atoms with Crippen LogP contribution in [0.2, 0.25) is 0 Å². The van der Waals surface area contributed by atoms with Crippen LogP contribution in [-0.2, 0) is 12.8 Å². The summed E-state index contributed by atoms with van der Waals surface area (Å²) in [6, 6.07) is 10.6. The molecule has 1 aromatic carbocycles. The van der Waals surface area contributed by atoms with Crippen molar-refractivity contribution in [3.05, 3.63) is 47.3 Å². The highest BCUT2D eigenvalue weighted by Crippen LogP contribution is 2.36. The van der Waals surface area contributed by atoms with E-state index in [2.05, 4.69) is 46.7 Å². The van der Waals surface area contributed by atoms with E-state index >= 15 is 0 Å². The fraction of sp³-hybridized carbons (Fsp3) is 0.429. The molecule has 0 amide bonds. The third-order valence-electron chi connectivity index (χ3n) is 5.65. The number of aromatic nitrogens is 3. The van der Waals surface area contributed by atoms with Crippen molar-refractivity contribution >= 4 is 11.5 Å². The zero-order chi connectivity index (χ0) is 16.8. The molecule has 0 spiro atoms. The molecule has 0 atom stereocenters. The average molecular weight is 332 g/mol. The van der Waals surface area contributed by atoms with Crippen molar-refractivity contribution in [2.75, 3.05) is 18.0 Å². The van der Waals surface area contributed by atoms with E-state index in [0.29, 0.717) is 0 Å². The van der Waals surface area contributed by atoms with Crippen LogP contribution in [0, 0.1) is 6.92 Å². The van der Waals surface area contributed by atoms with Gasteiger partial charge in [0.1, 0.15) is 5.82 Å². The van der Waals surface area contributed by atoms with Crippen molar-refractivity contribution in [1.82, 2.24) is 14.6 Å². The van der Waals surface area contributed by atoms with E-state index in [1.807, 2.05) is 0 Å². The summed E-state index contributed by atoms with van der Waals surface area (Å²) < 4.78 is 2.15. The molecule has 2 aliphatic rings. The second-order valence-corrected chi connectivity index (χ2v) is 7.32. The number of nitrogens with zero attached hydrogens (tertiary/aromatic N) is 4. The third kappa shape index (κ3) is 2.35. The standard InChI is InChI=1S/C21H24N4/c1-15-19(16-9-3-2-4-10-16)20-22-18-12-6-5-11-17(18)21(25(20)23-15)24-13-7-8-14-24/h2-4,9-10H,5-8,11-14H2,1H3. The number of aryl methyl sites for hydroxylation is 2. The zero-order valence-electron chi connectivity index (χ0n) is 14.8. The van der Waals surface area contributed by atoms with Gasteiger partial charge in [-0.15, -0.1) is 0 Å². The van der Waals surface area contributed by atoms with Gasteiger partial charge < -0.3 is 4.90 Å². The van der Waals surface area contributed by atoms with Crippen molar-refractivity contribution in [2.45, 2.75) is 45.4 Å². The number of hydrogen-bond acceptors (Lipinski definition) is 3. The summed E-state index contributed by atoms with van der Waals surface area (Å²) in [6.07, 6.45) is 7.33. The highest BCUT2D eigenvalue weighted by Gasteiger charge is 2.27. The van der Waals surface area contributed by atoms with Crippen LogP contribution >= 0.6 is 0 Å². The summed E-state index contributed by atoms with van der Waals surface area (Å²) in [7, 11) is 0. The maximum Gasteiger partial charge on any atom is 0.165 e. The lowest BCUT2D eigenvalue weighted by molar-refractivity contribution is 0.654. The van der Waals surface area contributed by atoms with Crippen molar-refractivity contribution in [2.24, 2.45) is 0 Å². The van der Waals surface area contributed by atoms with Gasteiger partial charge in [-0.25, -0.2) is 4.98 Å². The fourth-order valence-electron chi connectivity index (χ4n) is 4.47. The summed E-state index contributed by atoms with van der Waals surface area (Å²) in [6.45, 7) is 4.40. The Morgan fingerprint density at radius 2 is 1.68 bits per heavy atom. The van der Waals surface area contributed by atoms with E-state index in [1.54, 1.807) is 0 Å². The normalized spacial score (nSPS) is 17.2. The summed E-state index contributed by atoms with van der Waals surface area (Å²) in [4.78, 5) is 7.66. The lowest BCUT2D eigenvalue weighted by atomic mass is 9.96. The molecular weight excluding hydrogens is 308 g/mol. The summed E-state index contributed by atoms with van der Waals surface area (Å²) in [5.74, 6) is 1.32. The highest BCUT2D eigenvalue weighted by atomic mass is 15.4. The van der Waals surface area contributed by atoms with Crippen LogP contribution in [0.4, 0.5) is 5.82 Å². The minimum Gasteiger partial charge on any atom is -0.356 e. The molecule has 1 aliphatic heterocycles. The first-order chi connectivity index (χ1) is 12.3. The Balaban J connectivity index is 1.82. The van der Waals surface area contributed by atoms with Crippen LogP contribution in [0.15, 0.2) is 30.3 Å². The Morgan fingerprint density at radius 3 is 2.48 bits per heavy atom. The quantitative estimate of drug-likeness (QED) is 0.706. The van der Waals surface area contributed by atoms with Gasteiger partial charge in [-0.05, 0) is 51.0 Å². The maximum atomic E-state index is 5.12. The number of anilines is 1. The average Bonchev–Trinajstić information content (AvgIpc) is 3.27. The predicted molar refractivity (Wildman–Crippen MR) is 101 cm³/mol. The number of benzene rings is 1. The lowest BCUT2D eigenvalue weighted by Crippen LogP contribution is -2.25. The van der Waals surface area contributed by atoms with E-state index in [-0.39, 0.29) is 0 Å². The molecule has 4 nitrogen and oxygen atoms in total. The van der Waals surface area contributed by atoms with E-state index in [0.717, 1.165) is 37.3 Å². The lowest BCUT2D eigenvalue weighted by Gasteiger charge is -2.26. The molecule has 1 saturated heterocycles. The van der Waals surface area contributed by atoms with Crippen LogP contribution in [0.1, 0.15) is 42.6 Å². The number of rotatable bonds is 2. The monoisotopic (exact) mass is 332 g/mol. The fourth-order valence-corrected chi connectivity index (χ4v) is 4.47. The molecule has 128 valence electrons.